The highest BCUT2D eigenvalue weighted by Gasteiger charge is 2.55. The van der Waals surface area contributed by atoms with Gasteiger partial charge in [0.25, 0.3) is 0 Å². The number of amides is 1. The molecular weight excluding hydrogens is 354 g/mol. The quantitative estimate of drug-likeness (QED) is 0.761. The van der Waals surface area contributed by atoms with Gasteiger partial charge in [-0.3, -0.25) is 9.59 Å². The van der Waals surface area contributed by atoms with E-state index in [1.165, 1.54) is 26.2 Å². The van der Waals surface area contributed by atoms with Gasteiger partial charge >= 0.3 is 5.97 Å². The lowest BCUT2D eigenvalue weighted by Crippen LogP contribution is -2.52. The third-order valence-corrected chi connectivity index (χ3v) is 6.95. The van der Waals surface area contributed by atoms with Crippen LogP contribution < -0.4 is 5.32 Å². The van der Waals surface area contributed by atoms with Crippen molar-refractivity contribution in [3.05, 3.63) is 35.4 Å². The molecule has 1 N–H and O–H groups in total. The SMILES string of the molecule is CC(=O)NCc1ccc(C(=O)O[C@H](C)C(=O)C23CC4CC(CC(C4)C2)C3)cc1. The number of esters is 1. The first kappa shape index (κ1) is 19.2. The molecule has 1 aromatic carbocycles. The van der Waals surface area contributed by atoms with Crippen molar-refractivity contribution in [2.75, 3.05) is 0 Å². The summed E-state index contributed by atoms with van der Waals surface area (Å²) >= 11 is 0. The second-order valence-electron chi connectivity index (χ2n) is 9.22. The summed E-state index contributed by atoms with van der Waals surface area (Å²) in [5.74, 6) is 1.64. The van der Waals surface area contributed by atoms with Crippen molar-refractivity contribution in [2.45, 2.75) is 65.0 Å². The number of nitrogens with one attached hydrogen (secondary N) is 1. The van der Waals surface area contributed by atoms with Crippen molar-refractivity contribution < 1.29 is 19.1 Å². The topological polar surface area (TPSA) is 72.5 Å². The fourth-order valence-electron chi connectivity index (χ4n) is 6.11. The Balaban J connectivity index is 1.38. The van der Waals surface area contributed by atoms with E-state index in [2.05, 4.69) is 5.32 Å². The summed E-state index contributed by atoms with van der Waals surface area (Å²) in [7, 11) is 0. The average molecular weight is 383 g/mol. The maximum atomic E-state index is 13.2. The zero-order valence-electron chi connectivity index (χ0n) is 16.7. The molecule has 0 spiro atoms. The molecular formula is C23H29NO4. The molecule has 4 bridgehead atoms. The van der Waals surface area contributed by atoms with Crippen LogP contribution in [-0.2, 0) is 20.9 Å². The van der Waals surface area contributed by atoms with E-state index in [9.17, 15) is 14.4 Å². The Morgan fingerprint density at radius 2 is 1.57 bits per heavy atom. The monoisotopic (exact) mass is 383 g/mol. The van der Waals surface area contributed by atoms with E-state index in [1.54, 1.807) is 31.2 Å². The van der Waals surface area contributed by atoms with Gasteiger partial charge < -0.3 is 10.1 Å². The summed E-state index contributed by atoms with van der Waals surface area (Å²) in [6.45, 7) is 3.61. The zero-order valence-corrected chi connectivity index (χ0v) is 16.7. The highest BCUT2D eigenvalue weighted by molar-refractivity contribution is 5.94. The van der Waals surface area contributed by atoms with Gasteiger partial charge in [0, 0.05) is 18.9 Å². The number of hydrogen-bond acceptors (Lipinski definition) is 4. The lowest BCUT2D eigenvalue weighted by Gasteiger charge is -2.56. The Morgan fingerprint density at radius 1 is 1.04 bits per heavy atom. The van der Waals surface area contributed by atoms with Gasteiger partial charge in [-0.15, -0.1) is 0 Å². The predicted molar refractivity (Wildman–Crippen MR) is 104 cm³/mol. The standard InChI is InChI=1S/C23H29NO4/c1-14(21(26)23-10-17-7-18(11-23)9-19(8-17)12-23)28-22(27)20-5-3-16(4-6-20)13-24-15(2)25/h3-6,14,17-19H,7-13H2,1-2H3,(H,24,25)/t14-,17?,18?,19?,23?/m1/s1. The van der Waals surface area contributed by atoms with Crippen LogP contribution in [0.25, 0.3) is 0 Å². The predicted octanol–water partition coefficient (Wildman–Crippen LogP) is 3.65. The molecule has 0 heterocycles. The van der Waals surface area contributed by atoms with Gasteiger partial charge in [0.2, 0.25) is 5.91 Å². The molecule has 0 aromatic heterocycles. The maximum Gasteiger partial charge on any atom is 0.338 e. The molecule has 4 saturated carbocycles. The molecule has 0 aliphatic heterocycles. The Hall–Kier alpha value is -2.17. The number of rotatable bonds is 6. The number of benzene rings is 1. The number of carbonyl (C=O) groups excluding carboxylic acids is 3. The fourth-order valence-corrected chi connectivity index (χ4v) is 6.11. The zero-order chi connectivity index (χ0) is 19.9. The minimum Gasteiger partial charge on any atom is -0.451 e. The Bertz CT molecular complexity index is 747. The van der Waals surface area contributed by atoms with Gasteiger partial charge in [-0.2, -0.15) is 0 Å². The summed E-state index contributed by atoms with van der Waals surface area (Å²) in [6, 6.07) is 6.94. The lowest BCUT2D eigenvalue weighted by atomic mass is 9.48. The number of Topliss-reactive ketones (excluding diaryl/α,β-unsaturated/α-hetero) is 1. The summed E-state index contributed by atoms with van der Waals surface area (Å²) in [5, 5.41) is 2.72. The second-order valence-corrected chi connectivity index (χ2v) is 9.22. The Kier molecular flexibility index (Phi) is 5.02. The molecule has 4 fully saturated rings. The Labute approximate surface area is 166 Å². The molecule has 150 valence electrons. The van der Waals surface area contributed by atoms with Crippen LogP contribution in [0.4, 0.5) is 0 Å². The number of ether oxygens (including phenoxy) is 1. The molecule has 4 aliphatic rings. The van der Waals surface area contributed by atoms with Gasteiger partial charge in [-0.1, -0.05) is 12.1 Å². The van der Waals surface area contributed by atoms with Crippen LogP contribution in [-0.4, -0.2) is 23.8 Å². The summed E-state index contributed by atoms with van der Waals surface area (Å²) < 4.78 is 5.57. The van der Waals surface area contributed by atoms with Crippen LogP contribution in [0.15, 0.2) is 24.3 Å². The van der Waals surface area contributed by atoms with Crippen LogP contribution in [0.2, 0.25) is 0 Å². The molecule has 0 saturated heterocycles. The largest absolute Gasteiger partial charge is 0.451 e. The minimum absolute atomic E-state index is 0.0968. The van der Waals surface area contributed by atoms with E-state index in [4.69, 9.17) is 4.74 Å². The number of ketones is 1. The number of hydrogen-bond donors (Lipinski definition) is 1. The minimum atomic E-state index is -0.706. The van der Waals surface area contributed by atoms with Crippen LogP contribution >= 0.6 is 0 Å². The van der Waals surface area contributed by atoms with Crippen molar-refractivity contribution in [3.8, 4) is 0 Å². The van der Waals surface area contributed by atoms with Crippen molar-refractivity contribution in [1.82, 2.24) is 5.32 Å². The highest BCUT2D eigenvalue weighted by Crippen LogP contribution is 2.60. The van der Waals surface area contributed by atoms with E-state index in [-0.39, 0.29) is 17.1 Å². The molecule has 0 radical (unpaired) electrons. The molecule has 1 atom stereocenters. The third-order valence-electron chi connectivity index (χ3n) is 6.95. The molecule has 1 aromatic rings. The summed E-state index contributed by atoms with van der Waals surface area (Å²) in [4.78, 5) is 36.8. The molecule has 5 rings (SSSR count). The first-order valence-electron chi connectivity index (χ1n) is 10.4. The first-order chi connectivity index (χ1) is 13.3. The molecule has 1 amide bonds. The van der Waals surface area contributed by atoms with Crippen LogP contribution in [0, 0.1) is 23.2 Å². The van der Waals surface area contributed by atoms with Crippen molar-refractivity contribution in [1.29, 1.82) is 0 Å². The van der Waals surface area contributed by atoms with Crippen molar-refractivity contribution in [2.24, 2.45) is 23.2 Å². The normalized spacial score (nSPS) is 31.3. The molecule has 5 nitrogen and oxygen atoms in total. The lowest BCUT2D eigenvalue weighted by molar-refractivity contribution is -0.152. The van der Waals surface area contributed by atoms with E-state index < -0.39 is 12.1 Å². The molecule has 4 aliphatic carbocycles. The first-order valence-corrected chi connectivity index (χ1v) is 10.4. The number of carbonyl (C=O) groups is 3. The molecule has 28 heavy (non-hydrogen) atoms. The van der Waals surface area contributed by atoms with Crippen molar-refractivity contribution in [3.63, 3.8) is 0 Å². The molecule has 0 unspecified atom stereocenters. The van der Waals surface area contributed by atoms with Gasteiger partial charge in [-0.25, -0.2) is 4.79 Å². The fraction of sp³-hybridized carbons (Fsp3) is 0.609. The van der Waals surface area contributed by atoms with Crippen LogP contribution in [0.1, 0.15) is 68.3 Å². The highest BCUT2D eigenvalue weighted by atomic mass is 16.5. The average Bonchev–Trinajstić information content (AvgIpc) is 2.65. The second kappa shape index (κ2) is 7.34. The van der Waals surface area contributed by atoms with Gasteiger partial charge in [-0.05, 0) is 80.9 Å². The van der Waals surface area contributed by atoms with Crippen molar-refractivity contribution >= 4 is 17.7 Å². The van der Waals surface area contributed by atoms with Gasteiger partial charge in [0.15, 0.2) is 11.9 Å². The van der Waals surface area contributed by atoms with E-state index in [1.807, 2.05) is 0 Å². The summed E-state index contributed by atoms with van der Waals surface area (Å²) in [5.41, 5.74) is 1.08. The van der Waals surface area contributed by atoms with E-state index in [0.717, 1.165) is 24.8 Å². The molecule has 5 heteroatoms. The van der Waals surface area contributed by atoms with E-state index in [0.29, 0.717) is 29.9 Å². The van der Waals surface area contributed by atoms with Gasteiger partial charge in [0.1, 0.15) is 0 Å². The van der Waals surface area contributed by atoms with Gasteiger partial charge in [0.05, 0.1) is 5.56 Å². The van der Waals surface area contributed by atoms with E-state index >= 15 is 0 Å². The smallest absolute Gasteiger partial charge is 0.338 e. The van der Waals surface area contributed by atoms with Crippen LogP contribution in [0.5, 0.6) is 0 Å². The van der Waals surface area contributed by atoms with Crippen LogP contribution in [0.3, 0.4) is 0 Å². The maximum absolute atomic E-state index is 13.2. The summed E-state index contributed by atoms with van der Waals surface area (Å²) in [6.07, 6.45) is 6.10. The third kappa shape index (κ3) is 3.71. The Morgan fingerprint density at radius 3 is 2.07 bits per heavy atom.